The number of hydrogen-bond acceptors (Lipinski definition) is 4. The molecule has 8 heteroatoms. The molecule has 0 unspecified atom stereocenters. The normalized spacial score (nSPS) is 11.7. The molecule has 0 aromatic carbocycles. The van der Waals surface area contributed by atoms with Crippen LogP contribution in [0.15, 0.2) is 12.3 Å². The maximum absolute atomic E-state index is 12.6. The van der Waals surface area contributed by atoms with Gasteiger partial charge in [-0.05, 0) is 12.0 Å². The molecule has 1 heterocycles. The predicted molar refractivity (Wildman–Crippen MR) is 70.6 cm³/mol. The average molecular weight is 289 g/mol. The Labute approximate surface area is 115 Å². The van der Waals surface area contributed by atoms with E-state index < -0.39 is 11.9 Å². The van der Waals surface area contributed by atoms with Crippen LogP contribution in [0.4, 0.5) is 19.1 Å². The van der Waals surface area contributed by atoms with Crippen LogP contribution < -0.4 is 10.6 Å². The smallest absolute Gasteiger partial charge is 0.388 e. The molecular formula is C12H18F3N5. The Morgan fingerprint density at radius 2 is 2.10 bits per heavy atom. The van der Waals surface area contributed by atoms with Crippen molar-refractivity contribution in [3.63, 3.8) is 0 Å². The lowest BCUT2D eigenvalue weighted by Gasteiger charge is -2.24. The van der Waals surface area contributed by atoms with Gasteiger partial charge in [-0.15, -0.1) is 0 Å². The molecule has 1 aromatic heterocycles. The molecule has 0 aliphatic rings. The quantitative estimate of drug-likeness (QED) is 0.622. The monoisotopic (exact) mass is 289 g/mol. The number of alkyl halides is 3. The van der Waals surface area contributed by atoms with Gasteiger partial charge in [0.15, 0.2) is 0 Å². The van der Waals surface area contributed by atoms with Gasteiger partial charge >= 0.3 is 6.18 Å². The molecule has 3 N–H and O–H groups in total. The molecule has 0 saturated carbocycles. The Morgan fingerprint density at radius 3 is 2.60 bits per heavy atom. The molecule has 0 aliphatic carbocycles. The first kappa shape index (κ1) is 16.2. The summed E-state index contributed by atoms with van der Waals surface area (Å²) in [6, 6.07) is 0.835. The van der Waals surface area contributed by atoms with Crippen LogP contribution in [0.25, 0.3) is 0 Å². The fourth-order valence-corrected chi connectivity index (χ4v) is 1.63. The van der Waals surface area contributed by atoms with Gasteiger partial charge in [-0.2, -0.15) is 13.2 Å². The highest BCUT2D eigenvalue weighted by Crippen LogP contribution is 2.28. The first-order chi connectivity index (χ1) is 9.20. The van der Waals surface area contributed by atoms with Gasteiger partial charge < -0.3 is 10.6 Å². The summed E-state index contributed by atoms with van der Waals surface area (Å²) in [4.78, 5) is 9.05. The van der Waals surface area contributed by atoms with E-state index in [0.717, 1.165) is 12.3 Å². The number of amidine groups is 1. The van der Waals surface area contributed by atoms with Gasteiger partial charge in [0.25, 0.3) is 0 Å². The topological polar surface area (TPSA) is 78.9 Å². The van der Waals surface area contributed by atoms with E-state index in [0.29, 0.717) is 13.1 Å². The molecule has 112 valence electrons. The summed E-state index contributed by atoms with van der Waals surface area (Å²) < 4.78 is 37.9. The highest BCUT2D eigenvalue weighted by Gasteiger charge is 2.33. The van der Waals surface area contributed by atoms with Gasteiger partial charge in [0.2, 0.25) is 5.95 Å². The molecule has 0 saturated heterocycles. The van der Waals surface area contributed by atoms with Crippen LogP contribution in [0.5, 0.6) is 0 Å². The fourth-order valence-electron chi connectivity index (χ4n) is 1.63. The molecule has 20 heavy (non-hydrogen) atoms. The van der Waals surface area contributed by atoms with E-state index in [4.69, 9.17) is 11.1 Å². The van der Waals surface area contributed by atoms with Crippen molar-refractivity contribution in [2.75, 3.05) is 18.0 Å². The van der Waals surface area contributed by atoms with Crippen LogP contribution in [0, 0.1) is 11.3 Å². The van der Waals surface area contributed by atoms with E-state index in [1.54, 1.807) is 4.90 Å². The van der Waals surface area contributed by atoms with Gasteiger partial charge in [-0.3, -0.25) is 5.41 Å². The van der Waals surface area contributed by atoms with Crippen LogP contribution in [0.3, 0.4) is 0 Å². The van der Waals surface area contributed by atoms with E-state index in [9.17, 15) is 13.2 Å². The highest BCUT2D eigenvalue weighted by atomic mass is 19.4. The lowest BCUT2D eigenvalue weighted by Crippen LogP contribution is -2.33. The van der Waals surface area contributed by atoms with Gasteiger partial charge in [0, 0.05) is 25.7 Å². The molecule has 0 fully saturated rings. The maximum Gasteiger partial charge on any atom is 0.433 e. The third-order valence-electron chi connectivity index (χ3n) is 2.45. The number of nitrogens with zero attached hydrogens (tertiary/aromatic N) is 3. The number of halogens is 3. The maximum atomic E-state index is 12.6. The second kappa shape index (κ2) is 6.53. The van der Waals surface area contributed by atoms with E-state index in [1.165, 1.54) is 0 Å². The third-order valence-corrected chi connectivity index (χ3v) is 2.45. The van der Waals surface area contributed by atoms with Crippen molar-refractivity contribution < 1.29 is 13.2 Å². The summed E-state index contributed by atoms with van der Waals surface area (Å²) in [5.41, 5.74) is 4.31. The Kier molecular flexibility index (Phi) is 5.29. The molecule has 0 amide bonds. The van der Waals surface area contributed by atoms with Crippen molar-refractivity contribution in [3.8, 4) is 0 Å². The van der Waals surface area contributed by atoms with Crippen LogP contribution >= 0.6 is 0 Å². The van der Waals surface area contributed by atoms with Crippen LogP contribution in [0.1, 0.15) is 26.0 Å². The summed E-state index contributed by atoms with van der Waals surface area (Å²) in [5.74, 6) is 0.209. The number of hydrogen-bond donors (Lipinski definition) is 2. The minimum atomic E-state index is -4.50. The van der Waals surface area contributed by atoms with Gasteiger partial charge in [0.1, 0.15) is 5.69 Å². The number of aromatic nitrogens is 2. The number of anilines is 1. The Balaban J connectivity index is 2.97. The first-order valence-electron chi connectivity index (χ1n) is 6.18. The lowest BCUT2D eigenvalue weighted by atomic mass is 10.2. The van der Waals surface area contributed by atoms with E-state index >= 15 is 0 Å². The standard InChI is InChI=1S/C12H18F3N5/c1-8(2)7-20(6-4-10(16)17)11-18-5-3-9(19-11)12(13,14)15/h3,5,8H,4,6-7H2,1-2H3,(H3,16,17). The molecule has 1 aromatic rings. The summed E-state index contributed by atoms with van der Waals surface area (Å²) >= 11 is 0. The van der Waals surface area contributed by atoms with E-state index in [1.807, 2.05) is 13.8 Å². The fraction of sp³-hybridized carbons (Fsp3) is 0.583. The summed E-state index contributed by atoms with van der Waals surface area (Å²) in [6.45, 7) is 4.69. The minimum Gasteiger partial charge on any atom is -0.388 e. The molecule has 5 nitrogen and oxygen atoms in total. The van der Waals surface area contributed by atoms with Gasteiger partial charge in [-0.25, -0.2) is 9.97 Å². The molecule has 0 radical (unpaired) electrons. The molecule has 0 aliphatic heterocycles. The minimum absolute atomic E-state index is 0.00905. The van der Waals surface area contributed by atoms with Crippen LogP contribution in [0.2, 0.25) is 0 Å². The Bertz CT molecular complexity index is 459. The lowest BCUT2D eigenvalue weighted by molar-refractivity contribution is -0.141. The average Bonchev–Trinajstić information content (AvgIpc) is 2.33. The zero-order valence-corrected chi connectivity index (χ0v) is 11.4. The Hall–Kier alpha value is -1.86. The summed E-state index contributed by atoms with van der Waals surface area (Å²) in [5, 5.41) is 7.20. The van der Waals surface area contributed by atoms with Crippen LogP contribution in [-0.2, 0) is 6.18 Å². The third kappa shape index (κ3) is 5.02. The van der Waals surface area contributed by atoms with E-state index in [2.05, 4.69) is 9.97 Å². The van der Waals surface area contributed by atoms with Crippen molar-refractivity contribution in [1.82, 2.24) is 9.97 Å². The number of nitrogens with two attached hydrogens (primary N) is 1. The van der Waals surface area contributed by atoms with Crippen LogP contribution in [-0.4, -0.2) is 28.9 Å². The second-order valence-electron chi connectivity index (χ2n) is 4.85. The molecule has 0 bridgehead atoms. The van der Waals surface area contributed by atoms with Crippen molar-refractivity contribution >= 4 is 11.8 Å². The Morgan fingerprint density at radius 1 is 1.45 bits per heavy atom. The zero-order chi connectivity index (χ0) is 15.3. The molecule has 0 spiro atoms. The van der Waals surface area contributed by atoms with E-state index in [-0.39, 0.29) is 24.1 Å². The zero-order valence-electron chi connectivity index (χ0n) is 11.4. The van der Waals surface area contributed by atoms with Crippen molar-refractivity contribution in [2.24, 2.45) is 11.7 Å². The van der Waals surface area contributed by atoms with Gasteiger partial charge in [-0.1, -0.05) is 13.8 Å². The molecular weight excluding hydrogens is 271 g/mol. The summed E-state index contributed by atoms with van der Waals surface area (Å²) in [6.07, 6.45) is -3.15. The van der Waals surface area contributed by atoms with Crippen molar-refractivity contribution in [2.45, 2.75) is 26.4 Å². The molecule has 1 rings (SSSR count). The predicted octanol–water partition coefficient (Wildman–Crippen LogP) is 2.28. The first-order valence-corrected chi connectivity index (χ1v) is 6.18. The van der Waals surface area contributed by atoms with Gasteiger partial charge in [0.05, 0.1) is 5.84 Å². The van der Waals surface area contributed by atoms with Crippen molar-refractivity contribution in [3.05, 3.63) is 18.0 Å². The second-order valence-corrected chi connectivity index (χ2v) is 4.85. The largest absolute Gasteiger partial charge is 0.433 e. The molecule has 0 atom stereocenters. The highest BCUT2D eigenvalue weighted by molar-refractivity contribution is 5.77. The summed E-state index contributed by atoms with van der Waals surface area (Å²) in [7, 11) is 0. The number of rotatable bonds is 6. The SMILES string of the molecule is CC(C)CN(CCC(=N)N)c1nccc(C(F)(F)F)n1. The number of nitrogens with one attached hydrogen (secondary N) is 1. The van der Waals surface area contributed by atoms with Crippen molar-refractivity contribution in [1.29, 1.82) is 5.41 Å².